The molecule has 1 rings (SSSR count). The molecule has 0 aliphatic heterocycles. The second kappa shape index (κ2) is 4.20. The summed E-state index contributed by atoms with van der Waals surface area (Å²) in [4.78, 5) is 13.4. The zero-order valence-electron chi connectivity index (χ0n) is 7.40. The fourth-order valence-corrected chi connectivity index (χ4v) is 1.52. The topological polar surface area (TPSA) is 47.5 Å². The molecule has 0 N–H and O–H groups in total. The van der Waals surface area contributed by atoms with Crippen LogP contribution in [0.2, 0.25) is 0 Å². The molecule has 0 heterocycles. The fourth-order valence-electron chi connectivity index (χ4n) is 1.02. The summed E-state index contributed by atoms with van der Waals surface area (Å²) in [6, 6.07) is 4.20. The van der Waals surface area contributed by atoms with Crippen LogP contribution in [0.4, 0.5) is 5.69 Å². The van der Waals surface area contributed by atoms with E-state index in [4.69, 9.17) is 6.57 Å². The molecule has 72 valence electrons. The highest BCUT2D eigenvalue weighted by atomic mass is 79.9. The molecule has 0 bridgehead atoms. The van der Waals surface area contributed by atoms with Gasteiger partial charge in [0.05, 0.1) is 4.92 Å². The van der Waals surface area contributed by atoms with Gasteiger partial charge >= 0.3 is 0 Å². The van der Waals surface area contributed by atoms with Gasteiger partial charge < -0.3 is 4.85 Å². The third-order valence-electron chi connectivity index (χ3n) is 1.79. The lowest BCUT2D eigenvalue weighted by molar-refractivity contribution is -0.385. The van der Waals surface area contributed by atoms with E-state index in [1.807, 2.05) is 0 Å². The number of hydrogen-bond donors (Lipinski definition) is 0. The van der Waals surface area contributed by atoms with Crippen molar-refractivity contribution in [2.24, 2.45) is 0 Å². The molecule has 0 spiro atoms. The molecule has 0 aromatic heterocycles. The number of nitrogens with zero attached hydrogens (tertiary/aromatic N) is 2. The molecule has 5 heteroatoms. The molecule has 4 nitrogen and oxygen atoms in total. The molecule has 0 aliphatic carbocycles. The number of hydrogen-bond acceptors (Lipinski definition) is 2. The van der Waals surface area contributed by atoms with Crippen LogP contribution >= 0.6 is 15.9 Å². The van der Waals surface area contributed by atoms with Crippen LogP contribution in [0.3, 0.4) is 0 Å². The first-order valence-electron chi connectivity index (χ1n) is 3.86. The lowest BCUT2D eigenvalue weighted by Crippen LogP contribution is -1.92. The van der Waals surface area contributed by atoms with E-state index < -0.39 is 4.92 Å². The summed E-state index contributed by atoms with van der Waals surface area (Å²) < 4.78 is 0.622. The zero-order chi connectivity index (χ0) is 10.7. The quantitative estimate of drug-likeness (QED) is 0.462. The molecular weight excluding hydrogens is 248 g/mol. The molecule has 1 unspecified atom stereocenters. The molecular formula is C9H7BrN2O2. The summed E-state index contributed by atoms with van der Waals surface area (Å²) in [5.41, 5.74) is 0.658. The highest BCUT2D eigenvalue weighted by molar-refractivity contribution is 9.10. The van der Waals surface area contributed by atoms with Crippen molar-refractivity contribution in [1.82, 2.24) is 0 Å². The van der Waals surface area contributed by atoms with Crippen molar-refractivity contribution in [3.05, 3.63) is 49.8 Å². The molecule has 0 fully saturated rings. The average molecular weight is 255 g/mol. The van der Waals surface area contributed by atoms with Gasteiger partial charge in [0, 0.05) is 29.1 Å². The van der Waals surface area contributed by atoms with Crippen molar-refractivity contribution in [3.63, 3.8) is 0 Å². The molecule has 1 atom stereocenters. The van der Waals surface area contributed by atoms with Crippen molar-refractivity contribution in [3.8, 4) is 0 Å². The van der Waals surface area contributed by atoms with Gasteiger partial charge in [0.25, 0.3) is 5.69 Å². The number of rotatable bonds is 2. The van der Waals surface area contributed by atoms with E-state index >= 15 is 0 Å². The third-order valence-corrected chi connectivity index (χ3v) is 2.25. The minimum Gasteiger partial charge on any atom is -0.309 e. The van der Waals surface area contributed by atoms with E-state index in [1.165, 1.54) is 12.1 Å². The van der Waals surface area contributed by atoms with Gasteiger partial charge in [0.2, 0.25) is 6.04 Å². The highest BCUT2D eigenvalue weighted by Gasteiger charge is 2.15. The smallest absolute Gasteiger partial charge is 0.271 e. The molecule has 1 aromatic rings. The molecule has 0 radical (unpaired) electrons. The van der Waals surface area contributed by atoms with E-state index in [1.54, 1.807) is 13.0 Å². The average Bonchev–Trinajstić information content (AvgIpc) is 2.15. The van der Waals surface area contributed by atoms with E-state index in [0.29, 0.717) is 10.0 Å². The van der Waals surface area contributed by atoms with Gasteiger partial charge in [-0.15, -0.1) is 0 Å². The molecule has 1 aromatic carbocycles. The van der Waals surface area contributed by atoms with E-state index in [-0.39, 0.29) is 11.7 Å². The lowest BCUT2D eigenvalue weighted by Gasteiger charge is -2.00. The summed E-state index contributed by atoms with van der Waals surface area (Å²) >= 11 is 3.17. The van der Waals surface area contributed by atoms with Crippen LogP contribution in [-0.2, 0) is 0 Å². The summed E-state index contributed by atoms with van der Waals surface area (Å²) in [5, 5.41) is 10.5. The van der Waals surface area contributed by atoms with E-state index in [9.17, 15) is 10.1 Å². The minimum absolute atomic E-state index is 0.00451. The van der Waals surface area contributed by atoms with Crippen LogP contribution in [0.1, 0.15) is 18.5 Å². The zero-order valence-corrected chi connectivity index (χ0v) is 8.98. The molecule has 0 amide bonds. The van der Waals surface area contributed by atoms with Gasteiger partial charge in [-0.25, -0.2) is 6.57 Å². The Hall–Kier alpha value is -1.41. The maximum absolute atomic E-state index is 10.5. The number of nitro benzene ring substituents is 1. The Kier molecular flexibility index (Phi) is 3.20. The maximum Gasteiger partial charge on any atom is 0.271 e. The van der Waals surface area contributed by atoms with Gasteiger partial charge in [-0.05, 0) is 6.07 Å². The monoisotopic (exact) mass is 254 g/mol. The van der Waals surface area contributed by atoms with Crippen LogP contribution in [0.15, 0.2) is 22.7 Å². The van der Waals surface area contributed by atoms with Gasteiger partial charge in [-0.1, -0.05) is 15.9 Å². The number of benzene rings is 1. The number of nitro groups is 1. The van der Waals surface area contributed by atoms with Crippen molar-refractivity contribution >= 4 is 21.6 Å². The summed E-state index contributed by atoms with van der Waals surface area (Å²) in [5.74, 6) is 0. The highest BCUT2D eigenvalue weighted by Crippen LogP contribution is 2.26. The van der Waals surface area contributed by atoms with Crippen molar-refractivity contribution in [1.29, 1.82) is 0 Å². The van der Waals surface area contributed by atoms with E-state index in [0.717, 1.165) is 0 Å². The first-order chi connectivity index (χ1) is 6.54. The normalized spacial score (nSPS) is 11.8. The van der Waals surface area contributed by atoms with Crippen LogP contribution in [-0.4, -0.2) is 4.92 Å². The summed E-state index contributed by atoms with van der Waals surface area (Å²) in [6.07, 6.45) is 0. The number of halogens is 1. The Morgan fingerprint density at radius 1 is 1.57 bits per heavy atom. The second-order valence-corrected chi connectivity index (χ2v) is 3.72. The van der Waals surface area contributed by atoms with Crippen LogP contribution in [0, 0.1) is 16.7 Å². The van der Waals surface area contributed by atoms with Crippen molar-refractivity contribution < 1.29 is 4.92 Å². The maximum atomic E-state index is 10.5. The van der Waals surface area contributed by atoms with Crippen molar-refractivity contribution in [2.45, 2.75) is 13.0 Å². The van der Waals surface area contributed by atoms with Crippen LogP contribution in [0.5, 0.6) is 0 Å². The third kappa shape index (κ3) is 2.30. The Balaban J connectivity index is 3.21. The second-order valence-electron chi connectivity index (χ2n) is 2.80. The molecule has 0 aliphatic rings. The Morgan fingerprint density at radius 3 is 2.71 bits per heavy atom. The standard InChI is InChI=1S/C9H7BrN2O2/c1-6(11-2)7-3-8(10)5-9(4-7)12(13)14/h3-6H,1H3. The number of non-ortho nitro benzene ring substituents is 1. The lowest BCUT2D eigenvalue weighted by atomic mass is 10.1. The minimum atomic E-state index is -0.467. The van der Waals surface area contributed by atoms with Gasteiger partial charge in [-0.3, -0.25) is 10.1 Å². The molecule has 14 heavy (non-hydrogen) atoms. The summed E-state index contributed by atoms with van der Waals surface area (Å²) in [7, 11) is 0. The predicted octanol–water partition coefficient (Wildman–Crippen LogP) is 3.34. The summed E-state index contributed by atoms with van der Waals surface area (Å²) in [6.45, 7) is 8.54. The molecule has 0 saturated carbocycles. The van der Waals surface area contributed by atoms with Crippen molar-refractivity contribution in [2.75, 3.05) is 0 Å². The fraction of sp³-hybridized carbons (Fsp3) is 0.222. The first-order valence-corrected chi connectivity index (χ1v) is 4.65. The van der Waals surface area contributed by atoms with Gasteiger partial charge in [0.1, 0.15) is 0 Å². The van der Waals surface area contributed by atoms with E-state index in [2.05, 4.69) is 20.8 Å². The Labute approximate surface area is 89.6 Å². The van der Waals surface area contributed by atoms with Crippen LogP contribution < -0.4 is 0 Å². The predicted molar refractivity (Wildman–Crippen MR) is 55.8 cm³/mol. The SMILES string of the molecule is [C-]#[N+]C(C)c1cc(Br)cc([N+](=O)[O-])c1. The van der Waals surface area contributed by atoms with Gasteiger partial charge in [-0.2, -0.15) is 0 Å². The first kappa shape index (κ1) is 10.7. The Morgan fingerprint density at radius 2 is 2.21 bits per heavy atom. The Bertz CT molecular complexity index is 412. The molecule has 0 saturated heterocycles. The van der Waals surface area contributed by atoms with Gasteiger partial charge in [0.15, 0.2) is 0 Å². The van der Waals surface area contributed by atoms with Crippen LogP contribution in [0.25, 0.3) is 4.85 Å². The largest absolute Gasteiger partial charge is 0.309 e.